The van der Waals surface area contributed by atoms with Crippen LogP contribution in [-0.4, -0.2) is 19.3 Å². The number of benzene rings is 1. The van der Waals surface area contributed by atoms with Crippen molar-refractivity contribution in [2.45, 2.75) is 64.4 Å². The minimum atomic E-state index is 0.424. The largest absolute Gasteiger partial charge is 0.494 e. The first-order valence-electron chi connectivity index (χ1n) is 9.45. The van der Waals surface area contributed by atoms with Crippen LogP contribution in [0, 0.1) is 0 Å². The SMILES string of the molecule is C/C=C/C=C/COC1CCC(c2ccc(OCCCC)cc2)CC1. The maximum absolute atomic E-state index is 5.95. The molecule has 1 aromatic rings. The summed E-state index contributed by atoms with van der Waals surface area (Å²) in [6, 6.07) is 8.74. The Bertz CT molecular complexity index is 493. The molecule has 1 aliphatic rings. The summed E-state index contributed by atoms with van der Waals surface area (Å²) in [5.74, 6) is 1.67. The van der Waals surface area contributed by atoms with Crippen LogP contribution in [0.5, 0.6) is 5.75 Å². The summed E-state index contributed by atoms with van der Waals surface area (Å²) < 4.78 is 11.7. The van der Waals surface area contributed by atoms with Crippen LogP contribution in [-0.2, 0) is 4.74 Å². The van der Waals surface area contributed by atoms with Crippen molar-refractivity contribution in [2.24, 2.45) is 0 Å². The number of hydrogen-bond donors (Lipinski definition) is 0. The van der Waals surface area contributed by atoms with Gasteiger partial charge < -0.3 is 9.47 Å². The Labute approximate surface area is 147 Å². The van der Waals surface area contributed by atoms with E-state index in [9.17, 15) is 0 Å². The zero-order valence-electron chi connectivity index (χ0n) is 15.2. The van der Waals surface area contributed by atoms with Gasteiger partial charge in [0, 0.05) is 0 Å². The van der Waals surface area contributed by atoms with Crippen molar-refractivity contribution in [1.29, 1.82) is 0 Å². The van der Waals surface area contributed by atoms with Crippen LogP contribution in [0.1, 0.15) is 63.9 Å². The number of ether oxygens (including phenoxy) is 2. The quantitative estimate of drug-likeness (QED) is 0.406. The van der Waals surface area contributed by atoms with Gasteiger partial charge in [-0.25, -0.2) is 0 Å². The third kappa shape index (κ3) is 6.52. The first-order valence-corrected chi connectivity index (χ1v) is 9.45. The third-order valence-electron chi connectivity index (χ3n) is 4.66. The molecule has 2 nitrogen and oxygen atoms in total. The van der Waals surface area contributed by atoms with Gasteiger partial charge in [-0.1, -0.05) is 49.8 Å². The molecular weight excluding hydrogens is 296 g/mol. The molecule has 0 saturated heterocycles. The molecule has 24 heavy (non-hydrogen) atoms. The molecule has 1 fully saturated rings. The molecule has 1 aromatic carbocycles. The van der Waals surface area contributed by atoms with Gasteiger partial charge in [-0.2, -0.15) is 0 Å². The average Bonchev–Trinajstić information content (AvgIpc) is 2.63. The first kappa shape index (κ1) is 18.8. The highest BCUT2D eigenvalue weighted by Crippen LogP contribution is 2.34. The van der Waals surface area contributed by atoms with E-state index in [1.54, 1.807) is 0 Å². The summed E-state index contributed by atoms with van der Waals surface area (Å²) in [4.78, 5) is 0. The van der Waals surface area contributed by atoms with E-state index in [2.05, 4.69) is 43.3 Å². The Hall–Kier alpha value is -1.54. The van der Waals surface area contributed by atoms with Crippen LogP contribution in [0.25, 0.3) is 0 Å². The van der Waals surface area contributed by atoms with Crippen molar-refractivity contribution in [1.82, 2.24) is 0 Å². The minimum absolute atomic E-state index is 0.424. The van der Waals surface area contributed by atoms with Crippen molar-refractivity contribution in [3.8, 4) is 5.75 Å². The molecule has 0 aromatic heterocycles. The molecule has 0 amide bonds. The fraction of sp³-hybridized carbons (Fsp3) is 0.545. The van der Waals surface area contributed by atoms with Crippen molar-refractivity contribution >= 4 is 0 Å². The summed E-state index contributed by atoms with van der Waals surface area (Å²) in [6.07, 6.45) is 15.7. The Morgan fingerprint density at radius 1 is 1.04 bits per heavy atom. The second-order valence-corrected chi connectivity index (χ2v) is 6.53. The predicted molar refractivity (Wildman–Crippen MR) is 102 cm³/mol. The molecule has 0 N–H and O–H groups in total. The topological polar surface area (TPSA) is 18.5 Å². The molecule has 0 spiro atoms. The molecule has 0 aliphatic heterocycles. The molecule has 1 saturated carbocycles. The van der Waals surface area contributed by atoms with Crippen LogP contribution < -0.4 is 4.74 Å². The average molecular weight is 328 g/mol. The van der Waals surface area contributed by atoms with Gasteiger partial charge in [0.25, 0.3) is 0 Å². The Balaban J connectivity index is 1.71. The number of hydrogen-bond acceptors (Lipinski definition) is 2. The number of unbranched alkanes of at least 4 members (excludes halogenated alkanes) is 1. The van der Waals surface area contributed by atoms with Crippen LogP contribution in [0.4, 0.5) is 0 Å². The molecule has 0 bridgehead atoms. The van der Waals surface area contributed by atoms with Gasteiger partial charge >= 0.3 is 0 Å². The van der Waals surface area contributed by atoms with Crippen molar-refractivity contribution in [3.05, 3.63) is 54.1 Å². The second kappa shape index (κ2) is 11.1. The van der Waals surface area contributed by atoms with E-state index >= 15 is 0 Å². The maximum Gasteiger partial charge on any atom is 0.119 e. The third-order valence-corrected chi connectivity index (χ3v) is 4.66. The van der Waals surface area contributed by atoms with Crippen molar-refractivity contribution in [2.75, 3.05) is 13.2 Å². The predicted octanol–water partition coefficient (Wildman–Crippen LogP) is 6.04. The van der Waals surface area contributed by atoms with E-state index in [1.807, 2.05) is 19.1 Å². The summed E-state index contributed by atoms with van der Waals surface area (Å²) in [5, 5.41) is 0. The summed E-state index contributed by atoms with van der Waals surface area (Å²) in [5.41, 5.74) is 1.45. The van der Waals surface area contributed by atoms with Gasteiger partial charge in [-0.05, 0) is 62.6 Å². The normalized spacial score (nSPS) is 21.6. The van der Waals surface area contributed by atoms with Crippen LogP contribution >= 0.6 is 0 Å². The summed E-state index contributed by atoms with van der Waals surface area (Å²) in [7, 11) is 0. The van der Waals surface area contributed by atoms with E-state index in [0.29, 0.717) is 12.0 Å². The molecule has 1 aliphatic carbocycles. The first-order chi connectivity index (χ1) is 11.8. The van der Waals surface area contributed by atoms with Gasteiger partial charge in [-0.3, -0.25) is 0 Å². The van der Waals surface area contributed by atoms with E-state index in [1.165, 1.54) is 24.8 Å². The van der Waals surface area contributed by atoms with Gasteiger partial charge in [-0.15, -0.1) is 0 Å². The Kier molecular flexibility index (Phi) is 8.69. The van der Waals surface area contributed by atoms with Crippen LogP contribution in [0.3, 0.4) is 0 Å². The maximum atomic E-state index is 5.95. The fourth-order valence-electron chi connectivity index (χ4n) is 3.17. The smallest absolute Gasteiger partial charge is 0.119 e. The van der Waals surface area contributed by atoms with E-state index in [0.717, 1.165) is 38.2 Å². The summed E-state index contributed by atoms with van der Waals surface area (Å²) >= 11 is 0. The molecule has 0 heterocycles. The molecule has 0 atom stereocenters. The summed E-state index contributed by atoms with van der Waals surface area (Å²) in [6.45, 7) is 5.76. The highest BCUT2D eigenvalue weighted by atomic mass is 16.5. The minimum Gasteiger partial charge on any atom is -0.494 e. The van der Waals surface area contributed by atoms with Gasteiger partial charge in [0.05, 0.1) is 19.3 Å². The lowest BCUT2D eigenvalue weighted by Gasteiger charge is -2.28. The zero-order valence-corrected chi connectivity index (χ0v) is 15.2. The van der Waals surface area contributed by atoms with Gasteiger partial charge in [0.1, 0.15) is 5.75 Å². The van der Waals surface area contributed by atoms with Gasteiger partial charge in [0.15, 0.2) is 0 Å². The van der Waals surface area contributed by atoms with E-state index < -0.39 is 0 Å². The molecule has 0 unspecified atom stereocenters. The van der Waals surface area contributed by atoms with Gasteiger partial charge in [0.2, 0.25) is 0 Å². The Morgan fingerprint density at radius 2 is 1.79 bits per heavy atom. The van der Waals surface area contributed by atoms with Crippen molar-refractivity contribution in [3.63, 3.8) is 0 Å². The highest BCUT2D eigenvalue weighted by Gasteiger charge is 2.22. The highest BCUT2D eigenvalue weighted by molar-refractivity contribution is 5.29. The lowest BCUT2D eigenvalue weighted by atomic mass is 9.83. The van der Waals surface area contributed by atoms with Crippen LogP contribution in [0.2, 0.25) is 0 Å². The molecule has 2 heteroatoms. The standard InChI is InChI=1S/C22H32O2/c1-3-5-7-8-18-24-22-15-11-20(12-16-22)19-9-13-21(14-10-19)23-17-6-4-2/h3,5,7-10,13-14,20,22H,4,6,11-12,15-18H2,1-2H3/b5-3+,8-7+. The fourth-order valence-corrected chi connectivity index (χ4v) is 3.17. The monoisotopic (exact) mass is 328 g/mol. The zero-order chi connectivity index (χ0) is 17.0. The van der Waals surface area contributed by atoms with E-state index in [-0.39, 0.29) is 0 Å². The van der Waals surface area contributed by atoms with Crippen LogP contribution in [0.15, 0.2) is 48.6 Å². The van der Waals surface area contributed by atoms with Crippen molar-refractivity contribution < 1.29 is 9.47 Å². The lowest BCUT2D eigenvalue weighted by Crippen LogP contribution is -2.20. The molecule has 132 valence electrons. The Morgan fingerprint density at radius 3 is 2.46 bits per heavy atom. The second-order valence-electron chi connectivity index (χ2n) is 6.53. The number of allylic oxidation sites excluding steroid dienone is 3. The lowest BCUT2D eigenvalue weighted by molar-refractivity contribution is 0.0422. The molecule has 2 rings (SSSR count). The molecular formula is C22H32O2. The number of rotatable bonds is 9. The van der Waals surface area contributed by atoms with E-state index in [4.69, 9.17) is 9.47 Å². The molecule has 0 radical (unpaired) electrons.